The molecule has 4 rings (SSSR count). The van der Waals surface area contributed by atoms with E-state index in [0.29, 0.717) is 35.9 Å². The number of carbonyl (C=O) groups is 2. The van der Waals surface area contributed by atoms with E-state index in [1.54, 1.807) is 11.0 Å². The number of likely N-dealkylation sites (tertiary alicyclic amines) is 1. The van der Waals surface area contributed by atoms with E-state index in [1.165, 1.54) is 28.5 Å². The fourth-order valence-corrected chi connectivity index (χ4v) is 3.83. The zero-order valence-electron chi connectivity index (χ0n) is 14.4. The van der Waals surface area contributed by atoms with Crippen molar-refractivity contribution in [2.75, 3.05) is 19.6 Å². The van der Waals surface area contributed by atoms with Gasteiger partial charge in [-0.05, 0) is 40.6 Å². The summed E-state index contributed by atoms with van der Waals surface area (Å²) in [4.78, 5) is 27.6. The molecule has 140 valence electrons. The Labute approximate surface area is 158 Å². The Morgan fingerprint density at radius 2 is 2.33 bits per heavy atom. The fraction of sp³-hybridized carbons (Fsp3) is 0.375. The first-order valence-corrected chi connectivity index (χ1v) is 9.48. The molecule has 11 heteroatoms. The Hall–Kier alpha value is -3.08. The lowest BCUT2D eigenvalue weighted by Crippen LogP contribution is -2.43. The molecule has 27 heavy (non-hydrogen) atoms. The molecule has 0 spiro atoms. The maximum Gasteiger partial charge on any atom is 0.261 e. The molecule has 1 aliphatic heterocycles. The maximum absolute atomic E-state index is 12.9. The predicted molar refractivity (Wildman–Crippen MR) is 96.6 cm³/mol. The number of thiophene rings is 1. The van der Waals surface area contributed by atoms with Crippen LogP contribution in [0.1, 0.15) is 32.9 Å². The number of amides is 2. The molecule has 1 atom stereocenters. The average Bonchev–Trinajstić information content (AvgIpc) is 3.46. The van der Waals surface area contributed by atoms with E-state index in [0.717, 1.165) is 12.8 Å². The monoisotopic (exact) mass is 386 g/mol. The number of carbonyl (C=O) groups excluding carboxylic acids is 2. The highest BCUT2D eigenvalue weighted by Gasteiger charge is 2.27. The molecule has 10 nitrogen and oxygen atoms in total. The smallest absolute Gasteiger partial charge is 0.261 e. The number of nitrogens with one attached hydrogen (secondary N) is 2. The van der Waals surface area contributed by atoms with Crippen LogP contribution in [0.3, 0.4) is 0 Å². The van der Waals surface area contributed by atoms with Gasteiger partial charge in [0, 0.05) is 19.6 Å². The standard InChI is InChI=1S/C16H18N8O2S/c25-15(13-4-2-6-27-13)17-7-11-3-1-5-23(9-11)16(26)12-8-18-20-14(12)24-10-19-21-22-24/h2,4,6,8,10-11H,1,3,5,7,9H2,(H,17,25)(H,18,20)/t11-/m0/s1. The molecule has 2 N–H and O–H groups in total. The second-order valence-corrected chi connectivity index (χ2v) is 7.28. The van der Waals surface area contributed by atoms with Gasteiger partial charge in [-0.15, -0.1) is 16.4 Å². The van der Waals surface area contributed by atoms with E-state index in [9.17, 15) is 9.59 Å². The Morgan fingerprint density at radius 1 is 1.41 bits per heavy atom. The number of hydrogen-bond donors (Lipinski definition) is 2. The number of hydrogen-bond acceptors (Lipinski definition) is 7. The first kappa shape index (κ1) is 17.3. The molecular weight excluding hydrogens is 368 g/mol. The molecule has 0 aliphatic carbocycles. The minimum atomic E-state index is -0.122. The van der Waals surface area contributed by atoms with Crippen LogP contribution in [0.4, 0.5) is 0 Å². The summed E-state index contributed by atoms with van der Waals surface area (Å²) in [5, 5.41) is 22.5. The van der Waals surface area contributed by atoms with E-state index in [-0.39, 0.29) is 17.7 Å². The number of rotatable bonds is 5. The van der Waals surface area contributed by atoms with E-state index in [1.807, 2.05) is 11.4 Å². The van der Waals surface area contributed by atoms with Gasteiger partial charge in [-0.25, -0.2) is 0 Å². The van der Waals surface area contributed by atoms with Gasteiger partial charge in [-0.1, -0.05) is 6.07 Å². The normalized spacial score (nSPS) is 17.0. The van der Waals surface area contributed by atoms with Gasteiger partial charge in [-0.2, -0.15) is 9.78 Å². The number of aromatic nitrogens is 6. The highest BCUT2D eigenvalue weighted by atomic mass is 32.1. The van der Waals surface area contributed by atoms with Gasteiger partial charge in [0.15, 0.2) is 5.82 Å². The quantitative estimate of drug-likeness (QED) is 0.667. The van der Waals surface area contributed by atoms with Gasteiger partial charge in [0.2, 0.25) is 0 Å². The minimum absolute atomic E-state index is 0.0655. The van der Waals surface area contributed by atoms with E-state index >= 15 is 0 Å². The molecule has 1 saturated heterocycles. The molecule has 2 amide bonds. The zero-order valence-corrected chi connectivity index (χ0v) is 15.2. The maximum atomic E-state index is 12.9. The largest absolute Gasteiger partial charge is 0.351 e. The van der Waals surface area contributed by atoms with E-state index in [4.69, 9.17) is 0 Å². The van der Waals surface area contributed by atoms with Crippen molar-refractivity contribution in [3.8, 4) is 5.82 Å². The van der Waals surface area contributed by atoms with Crippen LogP contribution in [-0.4, -0.2) is 66.8 Å². The Balaban J connectivity index is 1.39. The fourth-order valence-electron chi connectivity index (χ4n) is 3.19. The van der Waals surface area contributed by atoms with Gasteiger partial charge < -0.3 is 10.2 Å². The van der Waals surface area contributed by atoms with Crippen LogP contribution in [0.15, 0.2) is 30.0 Å². The average molecular weight is 386 g/mol. The van der Waals surface area contributed by atoms with Crippen molar-refractivity contribution in [2.24, 2.45) is 5.92 Å². The van der Waals surface area contributed by atoms with Crippen molar-refractivity contribution in [1.29, 1.82) is 0 Å². The van der Waals surface area contributed by atoms with Gasteiger partial charge in [0.25, 0.3) is 11.8 Å². The second kappa shape index (κ2) is 7.66. The molecule has 4 heterocycles. The summed E-state index contributed by atoms with van der Waals surface area (Å²) in [5.74, 6) is 0.473. The third kappa shape index (κ3) is 3.72. The third-order valence-corrected chi connectivity index (χ3v) is 5.40. The summed E-state index contributed by atoms with van der Waals surface area (Å²) in [6.07, 6.45) is 4.76. The molecule has 3 aromatic rings. The van der Waals surface area contributed by atoms with Crippen LogP contribution in [-0.2, 0) is 0 Å². The van der Waals surface area contributed by atoms with E-state index in [2.05, 4.69) is 31.0 Å². The third-order valence-electron chi connectivity index (χ3n) is 4.53. The van der Waals surface area contributed by atoms with Crippen molar-refractivity contribution in [1.82, 2.24) is 40.6 Å². The Bertz CT molecular complexity index is 905. The second-order valence-electron chi connectivity index (χ2n) is 6.33. The van der Waals surface area contributed by atoms with Crippen molar-refractivity contribution >= 4 is 23.2 Å². The van der Waals surface area contributed by atoms with Crippen molar-refractivity contribution in [3.63, 3.8) is 0 Å². The van der Waals surface area contributed by atoms with Crippen LogP contribution >= 0.6 is 11.3 Å². The van der Waals surface area contributed by atoms with Gasteiger partial charge in [0.1, 0.15) is 11.9 Å². The summed E-state index contributed by atoms with van der Waals surface area (Å²) in [6.45, 7) is 1.81. The molecule has 1 fully saturated rings. The molecule has 0 bridgehead atoms. The number of H-pyrrole nitrogens is 1. The Morgan fingerprint density at radius 3 is 3.11 bits per heavy atom. The van der Waals surface area contributed by atoms with Gasteiger partial charge >= 0.3 is 0 Å². The van der Waals surface area contributed by atoms with Crippen LogP contribution in [0.5, 0.6) is 0 Å². The Kier molecular flexibility index (Phi) is 4.92. The number of aromatic amines is 1. The molecule has 3 aromatic heterocycles. The summed E-state index contributed by atoms with van der Waals surface area (Å²) in [5.41, 5.74) is 0.422. The topological polar surface area (TPSA) is 122 Å². The molecule has 0 radical (unpaired) electrons. The summed E-state index contributed by atoms with van der Waals surface area (Å²) >= 11 is 1.42. The lowest BCUT2D eigenvalue weighted by molar-refractivity contribution is 0.0671. The summed E-state index contributed by atoms with van der Waals surface area (Å²) < 4.78 is 1.38. The van der Waals surface area contributed by atoms with Crippen LogP contribution in [0.25, 0.3) is 5.82 Å². The van der Waals surface area contributed by atoms with Crippen molar-refractivity contribution in [2.45, 2.75) is 12.8 Å². The van der Waals surface area contributed by atoms with Crippen molar-refractivity contribution in [3.05, 3.63) is 40.5 Å². The van der Waals surface area contributed by atoms with Crippen LogP contribution < -0.4 is 5.32 Å². The molecule has 0 aromatic carbocycles. The van der Waals surface area contributed by atoms with Gasteiger partial charge in [0.05, 0.1) is 11.1 Å². The molecule has 0 saturated carbocycles. The summed E-state index contributed by atoms with van der Waals surface area (Å²) in [7, 11) is 0. The van der Waals surface area contributed by atoms with Gasteiger partial charge in [-0.3, -0.25) is 14.7 Å². The molecule has 1 aliphatic rings. The predicted octanol–water partition coefficient (Wildman–Crippen LogP) is 0.729. The van der Waals surface area contributed by atoms with Crippen LogP contribution in [0, 0.1) is 5.92 Å². The number of nitrogens with zero attached hydrogens (tertiary/aromatic N) is 6. The molecular formula is C16H18N8O2S. The first-order chi connectivity index (χ1) is 13.2. The van der Waals surface area contributed by atoms with Crippen LogP contribution in [0.2, 0.25) is 0 Å². The first-order valence-electron chi connectivity index (χ1n) is 8.60. The summed E-state index contributed by atoms with van der Waals surface area (Å²) in [6, 6.07) is 3.66. The number of piperidine rings is 1. The highest BCUT2D eigenvalue weighted by Crippen LogP contribution is 2.20. The lowest BCUT2D eigenvalue weighted by Gasteiger charge is -2.32. The SMILES string of the molecule is O=C(NC[C@@H]1CCCN(C(=O)c2cn[nH]c2-n2cnnn2)C1)c1cccs1. The highest BCUT2D eigenvalue weighted by molar-refractivity contribution is 7.12. The van der Waals surface area contributed by atoms with Crippen molar-refractivity contribution < 1.29 is 9.59 Å². The van der Waals surface area contributed by atoms with E-state index < -0.39 is 0 Å². The minimum Gasteiger partial charge on any atom is -0.351 e. The zero-order chi connectivity index (χ0) is 18.6. The molecule has 0 unspecified atom stereocenters. The number of tetrazole rings is 1. The lowest BCUT2D eigenvalue weighted by atomic mass is 9.97.